The van der Waals surface area contributed by atoms with Gasteiger partial charge in [0.05, 0.1) is 83.6 Å². The number of ether oxygens (including phenoxy) is 4. The largest absolute Gasteiger partial charge is 0.481 e. The van der Waals surface area contributed by atoms with Gasteiger partial charge in [0.15, 0.2) is 11.6 Å². The summed E-state index contributed by atoms with van der Waals surface area (Å²) in [5.41, 5.74) is 1.59. The van der Waals surface area contributed by atoms with E-state index in [1.807, 2.05) is 170 Å². The molecule has 3 saturated heterocycles. The lowest BCUT2D eigenvalue weighted by Gasteiger charge is -2.41. The SMILES string of the molecule is CC[C@H](C)[C@@H]([C@@H](CC(=O)C1CCC[C@H]1[C@H](OC)[C@@H](C)C(=O)C[C@H](C)[C@@H](O)c1ccccc1)OC)N(C)C(=O)C(CC(=O)[C@H](C(C)C)N(C)C(=O)CCCCCN1C(=O)CC(SC)C1=O)C(C)C.CC[C@H](C)[C@@H]([C@@H](CC(=O)N1CCC[C@H]1[C@H](OC)[C@@H](C)C(=O)C[C@@H](Cc1ccccc1)C(=O)O)OC)N(C)C(=O)C(CC(=O)[C@H](C(C)C)N(C)C(=O)CCCCCN1C(=O)CC(SC)C1=O)C(C)C. The van der Waals surface area contributed by atoms with Gasteiger partial charge < -0.3 is 53.7 Å². The van der Waals surface area contributed by atoms with Gasteiger partial charge in [-0.15, -0.1) is 0 Å². The molecular weight excluding hydrogens is 1760 g/mol. The fourth-order valence-electron chi connectivity index (χ4n) is 21.0. The van der Waals surface area contributed by atoms with Crippen molar-refractivity contribution >= 4 is 112 Å². The van der Waals surface area contributed by atoms with Crippen LogP contribution in [0.2, 0.25) is 0 Å². The standard InChI is InChI=1S/C53H85N3O10S.C52H82N4O11S/c1-14-34(6)49(44(65-11)30-42(58)38-24-21-25-39(38)51(66-12)36(8)41(57)28-35(7)50(62)37-22-17-15-18-23-37)55(10)52(63)40(32(2)3)29-43(59)48(33(4)5)54(9)46(60)26-19-16-20-27-56-47(61)31-45(67-13)53(56)64;1-13-34(6)48(42(66-10)30-45(60)55-26-20-23-39(55)49(67-11)35(7)40(57)28-37(52(64)65)27-36-21-16-14-17-22-36)54(9)50(62)38(32(2)3)29-41(58)47(33(4)5)53(8)44(59)24-18-15-19-25-56-46(61)31-43(68-12)51(56)63/h15,17-18,22-23,32-36,38-40,44-45,48-51,62H,14,16,19-21,24-31H2,1-13H3;14,16-17,21-22,32-35,37-39,42-43,47-49H,13,15,18-20,23-31H2,1-12H3,(H,64,65)/t34-,35-,36-,38?,39+,40?,44+,45?,48-,49-,50+,51+;34-,35-,37+,38?,39-,42+,43?,47-,48-,49+/m00/s1. The number of nitrogens with zero attached hydrogens (tertiary/aromatic N) is 7. The van der Waals surface area contributed by atoms with Crippen molar-refractivity contribution in [2.24, 2.45) is 82.9 Å². The van der Waals surface area contributed by atoms with Crippen LogP contribution in [0.5, 0.6) is 0 Å². The summed E-state index contributed by atoms with van der Waals surface area (Å²) < 4.78 is 24.2. The Labute approximate surface area is 814 Å². The number of carboxylic acid groups (broad SMARTS) is 1. The molecular formula is C105H167N7O21S2. The summed E-state index contributed by atoms with van der Waals surface area (Å²) in [6.07, 6.45) is 9.88. The number of aliphatic hydroxyl groups excluding tert-OH is 1. The summed E-state index contributed by atoms with van der Waals surface area (Å²) in [4.78, 5) is 214. The molecule has 0 aromatic heterocycles. The maximum atomic E-state index is 14.7. The molecule has 760 valence electrons. The lowest BCUT2D eigenvalue weighted by atomic mass is 9.77. The van der Waals surface area contributed by atoms with Crippen molar-refractivity contribution in [2.45, 2.75) is 329 Å². The molecule has 1 aliphatic carbocycles. The topological polar surface area (TPSA) is 356 Å². The monoisotopic (exact) mass is 1930 g/mol. The van der Waals surface area contributed by atoms with Crippen LogP contribution < -0.4 is 0 Å². The third kappa shape index (κ3) is 32.7. The van der Waals surface area contributed by atoms with Crippen LogP contribution in [-0.2, 0) is 97.3 Å². The van der Waals surface area contributed by atoms with Crippen LogP contribution in [0, 0.1) is 82.9 Å². The summed E-state index contributed by atoms with van der Waals surface area (Å²) >= 11 is 2.76. The van der Waals surface area contributed by atoms with Gasteiger partial charge in [0.25, 0.3) is 0 Å². The van der Waals surface area contributed by atoms with Crippen LogP contribution in [-0.4, -0.2) is 286 Å². The molecule has 28 nitrogen and oxygen atoms in total. The number of aliphatic hydroxyl groups is 1. The lowest BCUT2D eigenvalue weighted by Crippen LogP contribution is -2.54. The third-order valence-electron chi connectivity index (χ3n) is 29.6. The van der Waals surface area contributed by atoms with Crippen LogP contribution in [0.1, 0.15) is 269 Å². The van der Waals surface area contributed by atoms with Gasteiger partial charge in [-0.25, -0.2) is 0 Å². The zero-order valence-electron chi connectivity index (χ0n) is 86.0. The quantitative estimate of drug-likeness (QED) is 0.0459. The van der Waals surface area contributed by atoms with E-state index in [4.69, 9.17) is 18.9 Å². The van der Waals surface area contributed by atoms with E-state index in [-0.39, 0.29) is 216 Å². The van der Waals surface area contributed by atoms with E-state index in [1.165, 1.54) is 57.3 Å². The van der Waals surface area contributed by atoms with Crippen molar-refractivity contribution in [2.75, 3.05) is 88.8 Å². The Hall–Kier alpha value is -7.61. The highest BCUT2D eigenvalue weighted by atomic mass is 32.2. The molecule has 0 radical (unpaired) electrons. The Morgan fingerprint density at radius 3 is 1.30 bits per heavy atom. The van der Waals surface area contributed by atoms with Gasteiger partial charge in [0.1, 0.15) is 17.3 Å². The van der Waals surface area contributed by atoms with E-state index >= 15 is 0 Å². The Balaban J connectivity index is 0.000000477. The van der Waals surface area contributed by atoms with E-state index in [2.05, 4.69) is 0 Å². The molecule has 1 saturated carbocycles. The van der Waals surface area contributed by atoms with E-state index in [1.54, 1.807) is 64.0 Å². The number of carboxylic acids is 1. The number of imide groups is 2. The van der Waals surface area contributed by atoms with E-state index < -0.39 is 96.3 Å². The summed E-state index contributed by atoms with van der Waals surface area (Å²) in [5, 5.41) is 20.3. The molecule has 4 aliphatic rings. The second kappa shape index (κ2) is 57.8. The van der Waals surface area contributed by atoms with Crippen LogP contribution in [0.4, 0.5) is 0 Å². The first kappa shape index (κ1) is 118. The molecule has 4 fully saturated rings. The lowest BCUT2D eigenvalue weighted by molar-refractivity contribution is -0.150. The first-order chi connectivity index (χ1) is 63.8. The maximum Gasteiger partial charge on any atom is 0.307 e. The molecule has 9 amide bonds. The summed E-state index contributed by atoms with van der Waals surface area (Å²) in [6, 6.07) is 15.6. The number of ketones is 5. The number of likely N-dealkylation sites (N-methyl/N-ethyl adjacent to an activating group) is 4. The number of benzene rings is 2. The molecule has 6 rings (SSSR count). The average Bonchev–Trinajstić information content (AvgIpc) is 1.78. The molecule has 2 aromatic carbocycles. The van der Waals surface area contributed by atoms with Gasteiger partial charge >= 0.3 is 5.97 Å². The number of carbonyl (C=O) groups is 15. The highest BCUT2D eigenvalue weighted by molar-refractivity contribution is 8.00. The predicted octanol–water partition coefficient (Wildman–Crippen LogP) is 14.6. The van der Waals surface area contributed by atoms with Crippen molar-refractivity contribution in [3.63, 3.8) is 0 Å². The first-order valence-electron chi connectivity index (χ1n) is 49.6. The van der Waals surface area contributed by atoms with Crippen molar-refractivity contribution in [3.05, 3.63) is 71.8 Å². The number of thioether (sulfide) groups is 2. The molecule has 2 aromatic rings. The Bertz CT molecular complexity index is 4170. The van der Waals surface area contributed by atoms with Crippen molar-refractivity contribution < 1.29 is 101 Å². The molecule has 5 unspecified atom stereocenters. The minimum Gasteiger partial charge on any atom is -0.481 e. The first-order valence-corrected chi connectivity index (χ1v) is 52.2. The van der Waals surface area contributed by atoms with Crippen LogP contribution in [0.3, 0.4) is 0 Å². The zero-order chi connectivity index (χ0) is 101. The van der Waals surface area contributed by atoms with Crippen molar-refractivity contribution in [3.8, 4) is 0 Å². The van der Waals surface area contributed by atoms with Crippen LogP contribution >= 0.6 is 23.5 Å². The number of Topliss-reactive ketones (excluding diaryl/α,β-unsaturated/α-hetero) is 5. The smallest absolute Gasteiger partial charge is 0.307 e. The Kier molecular flexibility index (Phi) is 50.5. The number of aliphatic carboxylic acids is 1. The fourth-order valence-corrected chi connectivity index (χ4v) is 22.3. The van der Waals surface area contributed by atoms with Gasteiger partial charge in [-0.3, -0.25) is 81.7 Å². The molecule has 135 heavy (non-hydrogen) atoms. The van der Waals surface area contributed by atoms with Gasteiger partial charge in [-0.1, -0.05) is 197 Å². The summed E-state index contributed by atoms with van der Waals surface area (Å²) in [6.45, 7) is 29.9. The number of amides is 9. The van der Waals surface area contributed by atoms with Gasteiger partial charge in [-0.05, 0) is 129 Å². The number of hydrogen-bond acceptors (Lipinski definition) is 22. The number of likely N-dealkylation sites (tertiary alicyclic amines) is 3. The third-order valence-corrected chi connectivity index (χ3v) is 31.5. The van der Waals surface area contributed by atoms with Gasteiger partial charge in [0, 0.05) is 164 Å². The summed E-state index contributed by atoms with van der Waals surface area (Å²) in [5.74, 6) is -8.62. The number of rotatable bonds is 60. The maximum absolute atomic E-state index is 14.7. The fraction of sp³-hybridized carbons (Fsp3) is 0.743. The molecule has 3 aliphatic heterocycles. The highest BCUT2D eigenvalue weighted by Crippen LogP contribution is 2.42. The minimum absolute atomic E-state index is 0.0144. The molecule has 2 N–H and O–H groups in total. The predicted molar refractivity (Wildman–Crippen MR) is 527 cm³/mol. The highest BCUT2D eigenvalue weighted by Gasteiger charge is 2.49. The van der Waals surface area contributed by atoms with E-state index in [9.17, 15) is 82.1 Å². The average molecular weight is 1930 g/mol. The van der Waals surface area contributed by atoms with Crippen LogP contribution in [0.15, 0.2) is 60.7 Å². The Morgan fingerprint density at radius 1 is 0.474 bits per heavy atom. The number of unbranched alkanes of at least 4 members (excludes halogenated alkanes) is 4. The zero-order valence-corrected chi connectivity index (χ0v) is 87.6. The van der Waals surface area contributed by atoms with E-state index in [0.29, 0.717) is 90.3 Å². The van der Waals surface area contributed by atoms with Gasteiger partial charge in [0.2, 0.25) is 53.2 Å². The van der Waals surface area contributed by atoms with Crippen molar-refractivity contribution in [1.82, 2.24) is 34.3 Å². The molecule has 0 spiro atoms. The number of carbonyl (C=O) groups excluding carboxylic acids is 14. The second-order valence-electron chi connectivity index (χ2n) is 40.1. The van der Waals surface area contributed by atoms with Gasteiger partial charge in [-0.2, -0.15) is 23.5 Å². The summed E-state index contributed by atoms with van der Waals surface area (Å²) in [7, 11) is 12.9. The normalized spacial score (nSPS) is 20.8. The van der Waals surface area contributed by atoms with E-state index in [0.717, 1.165) is 24.0 Å². The second-order valence-corrected chi connectivity index (χ2v) is 42.2. The molecule has 0 bridgehead atoms. The van der Waals surface area contributed by atoms with Crippen LogP contribution in [0.25, 0.3) is 0 Å². The molecule has 30 heteroatoms. The number of methoxy groups -OCH3 is 4. The molecule has 3 heterocycles. The van der Waals surface area contributed by atoms with Crippen molar-refractivity contribution in [1.29, 1.82) is 0 Å². The molecule has 22 atom stereocenters. The Morgan fingerprint density at radius 2 is 0.904 bits per heavy atom. The number of hydrogen-bond donors (Lipinski definition) is 2. The minimum atomic E-state index is -1.05.